The van der Waals surface area contributed by atoms with Gasteiger partial charge in [0.15, 0.2) is 0 Å². The van der Waals surface area contributed by atoms with E-state index < -0.39 is 5.60 Å². The molecule has 0 amide bonds. The van der Waals surface area contributed by atoms with Crippen LogP contribution >= 0.6 is 0 Å². The molecule has 31 heavy (non-hydrogen) atoms. The van der Waals surface area contributed by atoms with Gasteiger partial charge in [-0.15, -0.1) is 13.2 Å². The first kappa shape index (κ1) is 24.8. The highest BCUT2D eigenvalue weighted by Gasteiger charge is 2.56. The minimum Gasteiger partial charge on any atom is -0.393 e. The predicted octanol–water partition coefficient (Wildman–Crippen LogP) is 7.23. The standard InChI is InChI=1S/C27H44O2.C2H4/c1-18(7-6-14-25(2,3)29)22-10-11-23-21-9-8-19-17-20(28)12-15-26(19,4)24(21)13-16-27(22,23)5;1-2/h8-9,18,20,22-24,28-29H,6-7,10-17H2,1-5H3;1-2H2. The summed E-state index contributed by atoms with van der Waals surface area (Å²) >= 11 is 0. The molecule has 0 bridgehead atoms. The first-order valence-electron chi connectivity index (χ1n) is 12.9. The summed E-state index contributed by atoms with van der Waals surface area (Å²) in [5.41, 5.74) is 3.49. The highest BCUT2D eigenvalue weighted by Crippen LogP contribution is 2.66. The summed E-state index contributed by atoms with van der Waals surface area (Å²) < 4.78 is 0. The van der Waals surface area contributed by atoms with Gasteiger partial charge in [0.1, 0.15) is 0 Å². The van der Waals surface area contributed by atoms with Gasteiger partial charge in [-0.2, -0.15) is 0 Å². The van der Waals surface area contributed by atoms with Gasteiger partial charge in [0.05, 0.1) is 11.7 Å². The number of hydrogen-bond acceptors (Lipinski definition) is 2. The van der Waals surface area contributed by atoms with Crippen LogP contribution in [0.5, 0.6) is 0 Å². The molecular formula is C29H48O2. The van der Waals surface area contributed by atoms with Gasteiger partial charge in [-0.25, -0.2) is 0 Å². The molecule has 0 radical (unpaired) electrons. The highest BCUT2D eigenvalue weighted by atomic mass is 16.3. The van der Waals surface area contributed by atoms with Crippen molar-refractivity contribution in [2.75, 3.05) is 0 Å². The number of allylic oxidation sites excluding steroid dienone is 3. The van der Waals surface area contributed by atoms with Crippen LogP contribution in [0.1, 0.15) is 98.8 Å². The van der Waals surface area contributed by atoms with Crippen molar-refractivity contribution in [1.29, 1.82) is 0 Å². The van der Waals surface area contributed by atoms with E-state index in [9.17, 15) is 10.2 Å². The van der Waals surface area contributed by atoms with E-state index in [0.29, 0.717) is 16.7 Å². The van der Waals surface area contributed by atoms with Crippen molar-refractivity contribution in [3.8, 4) is 0 Å². The third-order valence-electron chi connectivity index (χ3n) is 9.75. The minimum atomic E-state index is -0.528. The van der Waals surface area contributed by atoms with Crippen molar-refractivity contribution in [2.24, 2.45) is 34.5 Å². The molecule has 0 aliphatic heterocycles. The summed E-state index contributed by atoms with van der Waals surface area (Å²) in [6.07, 6.45) is 16.5. The van der Waals surface area contributed by atoms with Gasteiger partial charge < -0.3 is 10.2 Å². The molecule has 0 saturated heterocycles. The third kappa shape index (κ3) is 4.62. The molecule has 3 saturated carbocycles. The average Bonchev–Trinajstić information content (AvgIpc) is 3.06. The van der Waals surface area contributed by atoms with Crippen LogP contribution in [0, 0.1) is 34.5 Å². The summed E-state index contributed by atoms with van der Waals surface area (Å²) in [6.45, 7) is 17.5. The Labute approximate surface area is 191 Å². The van der Waals surface area contributed by atoms with Crippen molar-refractivity contribution in [3.05, 3.63) is 36.5 Å². The fraction of sp³-hybridized carbons (Fsp3) is 0.793. The van der Waals surface area contributed by atoms with Crippen molar-refractivity contribution >= 4 is 0 Å². The van der Waals surface area contributed by atoms with Crippen molar-refractivity contribution in [1.82, 2.24) is 0 Å². The third-order valence-corrected chi connectivity index (χ3v) is 9.75. The summed E-state index contributed by atoms with van der Waals surface area (Å²) in [5.74, 6) is 3.03. The van der Waals surface area contributed by atoms with Crippen LogP contribution in [0.3, 0.4) is 0 Å². The van der Waals surface area contributed by atoms with Gasteiger partial charge >= 0.3 is 0 Å². The minimum absolute atomic E-state index is 0.126. The summed E-state index contributed by atoms with van der Waals surface area (Å²) in [4.78, 5) is 0. The molecule has 4 aliphatic rings. The van der Waals surface area contributed by atoms with Gasteiger partial charge in [0.2, 0.25) is 0 Å². The largest absolute Gasteiger partial charge is 0.393 e. The van der Waals surface area contributed by atoms with Crippen molar-refractivity contribution in [2.45, 2.75) is 111 Å². The smallest absolute Gasteiger partial charge is 0.0591 e. The first-order valence-corrected chi connectivity index (χ1v) is 12.9. The number of aliphatic hydroxyl groups excluding tert-OH is 1. The molecule has 0 aromatic rings. The molecule has 0 heterocycles. The van der Waals surface area contributed by atoms with Gasteiger partial charge in [0, 0.05) is 0 Å². The van der Waals surface area contributed by atoms with Crippen LogP contribution in [0.2, 0.25) is 0 Å². The maximum absolute atomic E-state index is 10.2. The molecule has 7 atom stereocenters. The summed E-state index contributed by atoms with van der Waals surface area (Å²) in [5, 5.41) is 20.3. The van der Waals surface area contributed by atoms with Crippen LogP contribution < -0.4 is 0 Å². The van der Waals surface area contributed by atoms with E-state index >= 15 is 0 Å². The second-order valence-electron chi connectivity index (χ2n) is 12.2. The second kappa shape index (κ2) is 9.18. The lowest BCUT2D eigenvalue weighted by Gasteiger charge is -2.55. The lowest BCUT2D eigenvalue weighted by atomic mass is 9.50. The number of rotatable bonds is 5. The Morgan fingerprint density at radius 2 is 1.77 bits per heavy atom. The van der Waals surface area contributed by atoms with Crippen molar-refractivity contribution in [3.63, 3.8) is 0 Å². The van der Waals surface area contributed by atoms with Gasteiger partial charge in [0.25, 0.3) is 0 Å². The van der Waals surface area contributed by atoms with Crippen LogP contribution in [0.25, 0.3) is 0 Å². The molecule has 0 aromatic heterocycles. The van der Waals surface area contributed by atoms with Crippen molar-refractivity contribution < 1.29 is 10.2 Å². The van der Waals surface area contributed by atoms with E-state index in [1.807, 2.05) is 13.8 Å². The van der Waals surface area contributed by atoms with Crippen LogP contribution in [-0.2, 0) is 0 Å². The van der Waals surface area contributed by atoms with E-state index in [4.69, 9.17) is 0 Å². The molecule has 2 heteroatoms. The van der Waals surface area contributed by atoms with Crippen LogP contribution in [-0.4, -0.2) is 21.9 Å². The Kier molecular flexibility index (Phi) is 7.34. The van der Waals surface area contributed by atoms with E-state index in [1.165, 1.54) is 37.7 Å². The Bertz CT molecular complexity index is 698. The number of aliphatic hydroxyl groups is 2. The second-order valence-corrected chi connectivity index (χ2v) is 12.2. The maximum atomic E-state index is 10.2. The monoisotopic (exact) mass is 428 g/mol. The zero-order valence-electron chi connectivity index (χ0n) is 20.9. The predicted molar refractivity (Wildman–Crippen MR) is 132 cm³/mol. The lowest BCUT2D eigenvalue weighted by Crippen LogP contribution is -2.46. The van der Waals surface area contributed by atoms with E-state index in [-0.39, 0.29) is 6.10 Å². The van der Waals surface area contributed by atoms with Gasteiger partial charge in [-0.05, 0) is 99.7 Å². The van der Waals surface area contributed by atoms with Gasteiger partial charge in [-0.3, -0.25) is 0 Å². The van der Waals surface area contributed by atoms with E-state index in [2.05, 4.69) is 46.1 Å². The molecule has 2 nitrogen and oxygen atoms in total. The first-order chi connectivity index (χ1) is 14.5. The molecule has 176 valence electrons. The summed E-state index contributed by atoms with van der Waals surface area (Å²) in [7, 11) is 0. The molecule has 3 fully saturated rings. The molecule has 7 unspecified atom stereocenters. The Morgan fingerprint density at radius 3 is 2.45 bits per heavy atom. The Balaban J connectivity index is 0.00000132. The molecule has 0 aromatic carbocycles. The van der Waals surface area contributed by atoms with Gasteiger partial charge in [-0.1, -0.05) is 56.9 Å². The number of hydrogen-bond donors (Lipinski definition) is 2. The molecule has 0 spiro atoms. The number of fused-ring (bicyclic) bond motifs is 5. The fourth-order valence-electron chi connectivity index (χ4n) is 8.02. The molecular weight excluding hydrogens is 380 g/mol. The highest BCUT2D eigenvalue weighted by molar-refractivity contribution is 5.38. The van der Waals surface area contributed by atoms with E-state index in [0.717, 1.165) is 49.9 Å². The molecule has 2 N–H and O–H groups in total. The molecule has 4 rings (SSSR count). The fourth-order valence-corrected chi connectivity index (χ4v) is 8.02. The average molecular weight is 429 g/mol. The topological polar surface area (TPSA) is 40.5 Å². The van der Waals surface area contributed by atoms with Crippen LogP contribution in [0.4, 0.5) is 0 Å². The molecule has 4 aliphatic carbocycles. The Hall–Kier alpha value is -0.860. The zero-order valence-corrected chi connectivity index (χ0v) is 20.9. The zero-order chi connectivity index (χ0) is 23.0. The van der Waals surface area contributed by atoms with E-state index in [1.54, 1.807) is 5.57 Å². The Morgan fingerprint density at radius 1 is 1.06 bits per heavy atom. The summed E-state index contributed by atoms with van der Waals surface area (Å²) in [6, 6.07) is 0. The SMILES string of the molecule is C=C.CC(CCCC(C)(C)O)C1CCC2C3=CC=C4CC(O)CCC4(C)C3CCC21C. The lowest BCUT2D eigenvalue weighted by molar-refractivity contribution is 0.0298. The quantitative estimate of drug-likeness (QED) is 0.454. The maximum Gasteiger partial charge on any atom is 0.0591 e. The normalized spacial score (nSPS) is 40.4. The van der Waals surface area contributed by atoms with Crippen LogP contribution in [0.15, 0.2) is 36.5 Å².